The van der Waals surface area contributed by atoms with Crippen LogP contribution in [0.1, 0.15) is 0 Å². The zero-order valence-electron chi connectivity index (χ0n) is 12.3. The SMILES string of the molecule is Cn1c(-c2cccc(-c3ccccc3)n2)nc2ccccc21. The van der Waals surface area contributed by atoms with Gasteiger partial charge in [-0.3, -0.25) is 0 Å². The summed E-state index contributed by atoms with van der Waals surface area (Å²) in [5, 5.41) is 0. The van der Waals surface area contributed by atoms with Gasteiger partial charge in [-0.2, -0.15) is 0 Å². The lowest BCUT2D eigenvalue weighted by molar-refractivity contribution is 0.951. The number of hydrogen-bond acceptors (Lipinski definition) is 2. The van der Waals surface area contributed by atoms with Crippen LogP contribution < -0.4 is 0 Å². The minimum absolute atomic E-state index is 0.888. The standard InChI is InChI=1S/C19H15N3/c1-22-18-13-6-5-10-16(18)21-19(22)17-12-7-11-15(20-17)14-8-3-2-4-9-14/h2-13H,1H3. The first-order chi connectivity index (χ1) is 10.8. The molecule has 0 radical (unpaired) electrons. The van der Waals surface area contributed by atoms with Crippen LogP contribution in [0.4, 0.5) is 0 Å². The van der Waals surface area contributed by atoms with Gasteiger partial charge in [-0.15, -0.1) is 0 Å². The van der Waals surface area contributed by atoms with Gasteiger partial charge in [0.1, 0.15) is 5.69 Å². The molecule has 0 bridgehead atoms. The van der Waals surface area contributed by atoms with E-state index < -0.39 is 0 Å². The van der Waals surface area contributed by atoms with E-state index in [1.54, 1.807) is 0 Å². The fourth-order valence-corrected chi connectivity index (χ4v) is 2.70. The average Bonchev–Trinajstić information content (AvgIpc) is 2.93. The van der Waals surface area contributed by atoms with E-state index in [0.29, 0.717) is 0 Å². The molecule has 2 aromatic heterocycles. The van der Waals surface area contributed by atoms with Crippen molar-refractivity contribution in [1.29, 1.82) is 0 Å². The summed E-state index contributed by atoms with van der Waals surface area (Å²) >= 11 is 0. The highest BCUT2D eigenvalue weighted by Gasteiger charge is 2.11. The molecule has 22 heavy (non-hydrogen) atoms. The van der Waals surface area contributed by atoms with E-state index in [2.05, 4.69) is 22.8 Å². The van der Waals surface area contributed by atoms with Crippen LogP contribution in [-0.2, 0) is 7.05 Å². The maximum atomic E-state index is 4.79. The Morgan fingerprint density at radius 3 is 2.23 bits per heavy atom. The number of imidazole rings is 1. The number of rotatable bonds is 2. The summed E-state index contributed by atoms with van der Waals surface area (Å²) in [7, 11) is 2.03. The summed E-state index contributed by atoms with van der Waals surface area (Å²) < 4.78 is 2.09. The van der Waals surface area contributed by atoms with E-state index >= 15 is 0 Å². The molecule has 0 N–H and O–H groups in total. The van der Waals surface area contributed by atoms with Crippen LogP contribution in [0.15, 0.2) is 72.8 Å². The predicted octanol–water partition coefficient (Wildman–Crippen LogP) is 4.30. The van der Waals surface area contributed by atoms with E-state index in [9.17, 15) is 0 Å². The molecule has 0 spiro atoms. The third kappa shape index (κ3) is 2.07. The lowest BCUT2D eigenvalue weighted by Crippen LogP contribution is -1.95. The largest absolute Gasteiger partial charge is 0.326 e. The first kappa shape index (κ1) is 12.8. The summed E-state index contributed by atoms with van der Waals surface area (Å²) in [6.45, 7) is 0. The van der Waals surface area contributed by atoms with E-state index in [1.807, 2.05) is 61.6 Å². The summed E-state index contributed by atoms with van der Waals surface area (Å²) in [6, 6.07) is 24.4. The van der Waals surface area contributed by atoms with Gasteiger partial charge in [-0.05, 0) is 24.3 Å². The zero-order valence-corrected chi connectivity index (χ0v) is 12.3. The van der Waals surface area contributed by atoms with Crippen molar-refractivity contribution in [3.05, 3.63) is 72.8 Å². The molecule has 3 heteroatoms. The molecule has 0 unspecified atom stereocenters. The Bertz CT molecular complexity index is 939. The number of nitrogens with zero attached hydrogens (tertiary/aromatic N) is 3. The lowest BCUT2D eigenvalue weighted by atomic mass is 10.1. The summed E-state index contributed by atoms with van der Waals surface area (Å²) in [4.78, 5) is 9.50. The van der Waals surface area contributed by atoms with Crippen LogP contribution in [0.25, 0.3) is 33.8 Å². The molecule has 0 atom stereocenters. The van der Waals surface area contributed by atoms with Crippen molar-refractivity contribution < 1.29 is 0 Å². The number of hydrogen-bond donors (Lipinski definition) is 0. The quantitative estimate of drug-likeness (QED) is 0.549. The molecule has 0 saturated carbocycles. The molecule has 4 rings (SSSR count). The number of fused-ring (bicyclic) bond motifs is 1. The molecule has 0 aliphatic heterocycles. The van der Waals surface area contributed by atoms with E-state index in [0.717, 1.165) is 33.8 Å². The van der Waals surface area contributed by atoms with Crippen LogP contribution in [-0.4, -0.2) is 14.5 Å². The van der Waals surface area contributed by atoms with Crippen LogP contribution >= 0.6 is 0 Å². The second kappa shape index (κ2) is 5.11. The van der Waals surface area contributed by atoms with E-state index in [1.165, 1.54) is 0 Å². The van der Waals surface area contributed by atoms with E-state index in [4.69, 9.17) is 9.97 Å². The monoisotopic (exact) mass is 285 g/mol. The predicted molar refractivity (Wildman–Crippen MR) is 89.4 cm³/mol. The highest BCUT2D eigenvalue weighted by Crippen LogP contribution is 2.24. The van der Waals surface area contributed by atoms with Crippen molar-refractivity contribution in [3.8, 4) is 22.8 Å². The van der Waals surface area contributed by atoms with Crippen molar-refractivity contribution in [1.82, 2.24) is 14.5 Å². The fourth-order valence-electron chi connectivity index (χ4n) is 2.70. The summed E-state index contributed by atoms with van der Waals surface area (Å²) in [5.74, 6) is 0.888. The molecule has 0 aliphatic carbocycles. The fraction of sp³-hybridized carbons (Fsp3) is 0.0526. The number of para-hydroxylation sites is 2. The minimum atomic E-state index is 0.888. The smallest absolute Gasteiger partial charge is 0.159 e. The number of aryl methyl sites for hydroxylation is 1. The van der Waals surface area contributed by atoms with Gasteiger partial charge in [-0.25, -0.2) is 9.97 Å². The lowest BCUT2D eigenvalue weighted by Gasteiger charge is -2.05. The highest BCUT2D eigenvalue weighted by atomic mass is 15.1. The second-order valence-electron chi connectivity index (χ2n) is 5.26. The molecule has 2 aromatic carbocycles. The maximum absolute atomic E-state index is 4.79. The van der Waals surface area contributed by atoms with Gasteiger partial charge < -0.3 is 4.57 Å². The molecular weight excluding hydrogens is 270 g/mol. The normalized spacial score (nSPS) is 11.0. The molecule has 0 saturated heterocycles. The topological polar surface area (TPSA) is 30.7 Å². The summed E-state index contributed by atoms with van der Waals surface area (Å²) in [6.07, 6.45) is 0. The van der Waals surface area contributed by atoms with Crippen molar-refractivity contribution in [2.45, 2.75) is 0 Å². The van der Waals surface area contributed by atoms with Gasteiger partial charge in [0.05, 0.1) is 16.7 Å². The Balaban J connectivity index is 1.87. The molecule has 3 nitrogen and oxygen atoms in total. The molecular formula is C19H15N3. The van der Waals surface area contributed by atoms with Crippen LogP contribution in [0, 0.1) is 0 Å². The first-order valence-corrected chi connectivity index (χ1v) is 7.27. The molecule has 106 valence electrons. The highest BCUT2D eigenvalue weighted by molar-refractivity contribution is 5.80. The van der Waals surface area contributed by atoms with Crippen molar-refractivity contribution >= 4 is 11.0 Å². The number of pyridine rings is 1. The Hall–Kier alpha value is -2.94. The van der Waals surface area contributed by atoms with Crippen molar-refractivity contribution in [3.63, 3.8) is 0 Å². The molecule has 4 aromatic rings. The third-order valence-corrected chi connectivity index (χ3v) is 3.83. The Morgan fingerprint density at radius 1 is 0.682 bits per heavy atom. The molecule has 0 fully saturated rings. The molecule has 2 heterocycles. The zero-order chi connectivity index (χ0) is 14.9. The number of aromatic nitrogens is 3. The van der Waals surface area contributed by atoms with E-state index in [-0.39, 0.29) is 0 Å². The van der Waals surface area contributed by atoms with Crippen LogP contribution in [0.2, 0.25) is 0 Å². The Morgan fingerprint density at radius 2 is 1.41 bits per heavy atom. The first-order valence-electron chi connectivity index (χ1n) is 7.27. The second-order valence-corrected chi connectivity index (χ2v) is 5.26. The van der Waals surface area contributed by atoms with Gasteiger partial charge in [0.15, 0.2) is 5.82 Å². The van der Waals surface area contributed by atoms with Crippen LogP contribution in [0.5, 0.6) is 0 Å². The Kier molecular flexibility index (Phi) is 2.97. The van der Waals surface area contributed by atoms with Gasteiger partial charge in [0, 0.05) is 12.6 Å². The van der Waals surface area contributed by atoms with Gasteiger partial charge in [0.25, 0.3) is 0 Å². The summed E-state index contributed by atoms with van der Waals surface area (Å²) in [5.41, 5.74) is 5.07. The minimum Gasteiger partial charge on any atom is -0.326 e. The van der Waals surface area contributed by atoms with Gasteiger partial charge >= 0.3 is 0 Å². The molecule has 0 aliphatic rings. The Labute approximate surface area is 128 Å². The number of benzene rings is 2. The third-order valence-electron chi connectivity index (χ3n) is 3.83. The van der Waals surface area contributed by atoms with Crippen molar-refractivity contribution in [2.75, 3.05) is 0 Å². The van der Waals surface area contributed by atoms with Crippen LogP contribution in [0.3, 0.4) is 0 Å². The van der Waals surface area contributed by atoms with Crippen molar-refractivity contribution in [2.24, 2.45) is 7.05 Å². The van der Waals surface area contributed by atoms with Gasteiger partial charge in [-0.1, -0.05) is 48.5 Å². The molecule has 0 amide bonds. The van der Waals surface area contributed by atoms with Gasteiger partial charge in [0.2, 0.25) is 0 Å². The average molecular weight is 285 g/mol. The maximum Gasteiger partial charge on any atom is 0.159 e.